The number of esters is 1. The van der Waals surface area contributed by atoms with E-state index in [0.717, 1.165) is 12.0 Å². The lowest BCUT2D eigenvalue weighted by molar-refractivity contribution is -0.354. The molecule has 3 fully saturated rings. The molecular weight excluding hydrogens is 552 g/mol. The monoisotopic (exact) mass is 602 g/mol. The van der Waals surface area contributed by atoms with Crippen molar-refractivity contribution < 1.29 is 44.2 Å². The summed E-state index contributed by atoms with van der Waals surface area (Å²) in [5.41, 5.74) is -0.00894. The van der Waals surface area contributed by atoms with E-state index >= 15 is 0 Å². The Bertz CT molecular complexity index is 1170. The molecule has 240 valence electrons. The van der Waals surface area contributed by atoms with Crippen molar-refractivity contribution in [3.8, 4) is 0 Å². The number of rotatable bonds is 2. The Morgan fingerprint density at radius 3 is 2.51 bits per heavy atom. The highest BCUT2D eigenvalue weighted by Crippen LogP contribution is 2.48. The van der Waals surface area contributed by atoms with Gasteiger partial charge < -0.3 is 39.4 Å². The minimum Gasteiger partial charge on any atom is -0.462 e. The highest BCUT2D eigenvalue weighted by molar-refractivity contribution is 5.78. The van der Waals surface area contributed by atoms with E-state index in [9.17, 15) is 25.2 Å². The SMILES string of the molecule is CCC(C)[C@H]1O[C@@]2(C[C@@H]3C[C@@H](C/C=C(\C)[C@@H](O)[C@@H](C)/C=C/C=C4\CO[C@@H]5[C@H](O)C(C)=C[C@@H](C(=O)O3)[C@]45O)O2)C[C@H](O)[C@@H]1C. The largest absolute Gasteiger partial charge is 0.462 e. The molecule has 43 heavy (non-hydrogen) atoms. The van der Waals surface area contributed by atoms with Crippen LogP contribution in [-0.4, -0.2) is 87.1 Å². The molecule has 4 aliphatic heterocycles. The fourth-order valence-corrected chi connectivity index (χ4v) is 7.57. The van der Waals surface area contributed by atoms with Crippen LogP contribution in [0.2, 0.25) is 0 Å². The second-order valence-corrected chi connectivity index (χ2v) is 13.7. The van der Waals surface area contributed by atoms with Crippen LogP contribution in [0.4, 0.5) is 0 Å². The van der Waals surface area contributed by atoms with Crippen LogP contribution in [0.3, 0.4) is 0 Å². The van der Waals surface area contributed by atoms with Gasteiger partial charge in [-0.2, -0.15) is 0 Å². The third-order valence-corrected chi connectivity index (χ3v) is 10.6. The number of allylic oxidation sites excluding steroid dienone is 2. The molecule has 9 heteroatoms. The van der Waals surface area contributed by atoms with Crippen molar-refractivity contribution in [1.29, 1.82) is 0 Å². The first-order valence-corrected chi connectivity index (χ1v) is 16.0. The van der Waals surface area contributed by atoms with Gasteiger partial charge in [-0.05, 0) is 42.9 Å². The lowest BCUT2D eigenvalue weighted by Crippen LogP contribution is -2.60. The van der Waals surface area contributed by atoms with Crippen LogP contribution >= 0.6 is 0 Å². The van der Waals surface area contributed by atoms with Crippen LogP contribution < -0.4 is 0 Å². The topological polar surface area (TPSA) is 135 Å². The molecule has 2 bridgehead atoms. The van der Waals surface area contributed by atoms with E-state index in [-0.39, 0.29) is 43.3 Å². The summed E-state index contributed by atoms with van der Waals surface area (Å²) in [6.07, 6.45) is 6.40. The van der Waals surface area contributed by atoms with Gasteiger partial charge in [-0.25, -0.2) is 0 Å². The fourth-order valence-electron chi connectivity index (χ4n) is 7.57. The van der Waals surface area contributed by atoms with E-state index in [4.69, 9.17) is 18.9 Å². The summed E-state index contributed by atoms with van der Waals surface area (Å²) in [7, 11) is 0. The zero-order valence-electron chi connectivity index (χ0n) is 26.3. The average molecular weight is 603 g/mol. The van der Waals surface area contributed by atoms with E-state index in [1.165, 1.54) is 0 Å². The molecule has 13 atom stereocenters. The average Bonchev–Trinajstić information content (AvgIpc) is 3.30. The van der Waals surface area contributed by atoms with Gasteiger partial charge in [-0.15, -0.1) is 0 Å². The second kappa shape index (κ2) is 12.5. The van der Waals surface area contributed by atoms with Crippen LogP contribution in [0.5, 0.6) is 0 Å². The smallest absolute Gasteiger partial charge is 0.316 e. The molecule has 0 amide bonds. The molecule has 9 nitrogen and oxygen atoms in total. The number of ether oxygens (including phenoxy) is 4. The third kappa shape index (κ3) is 6.07. The molecule has 0 aromatic carbocycles. The molecule has 4 N–H and O–H groups in total. The maximum atomic E-state index is 14.0. The molecule has 5 rings (SSSR count). The number of hydrogen-bond donors (Lipinski definition) is 4. The van der Waals surface area contributed by atoms with E-state index in [1.54, 1.807) is 25.2 Å². The molecule has 1 aliphatic carbocycles. The molecule has 3 saturated heterocycles. The number of aliphatic hydroxyl groups excluding tert-OH is 3. The summed E-state index contributed by atoms with van der Waals surface area (Å²) >= 11 is 0. The molecule has 0 radical (unpaired) electrons. The van der Waals surface area contributed by atoms with Crippen LogP contribution in [-0.2, 0) is 23.7 Å². The molecule has 0 saturated carbocycles. The summed E-state index contributed by atoms with van der Waals surface area (Å²) in [4.78, 5) is 14.0. The van der Waals surface area contributed by atoms with Gasteiger partial charge in [0, 0.05) is 31.1 Å². The quantitative estimate of drug-likeness (QED) is 0.277. The zero-order valence-corrected chi connectivity index (χ0v) is 26.3. The number of aliphatic hydroxyl groups is 4. The van der Waals surface area contributed by atoms with E-state index in [1.807, 2.05) is 32.9 Å². The van der Waals surface area contributed by atoms with Crippen LogP contribution in [0.1, 0.15) is 73.6 Å². The molecule has 0 aromatic rings. The minimum absolute atomic E-state index is 0.0483. The van der Waals surface area contributed by atoms with Crippen molar-refractivity contribution in [2.24, 2.45) is 23.7 Å². The maximum Gasteiger partial charge on any atom is 0.316 e. The van der Waals surface area contributed by atoms with Gasteiger partial charge in [0.25, 0.3) is 0 Å². The maximum absolute atomic E-state index is 14.0. The molecule has 5 aliphatic rings. The summed E-state index contributed by atoms with van der Waals surface area (Å²) in [5.74, 6) is -2.97. The first kappa shape index (κ1) is 32.5. The lowest BCUT2D eigenvalue weighted by Gasteiger charge is -2.52. The first-order valence-electron chi connectivity index (χ1n) is 16.0. The van der Waals surface area contributed by atoms with Crippen molar-refractivity contribution in [3.05, 3.63) is 47.1 Å². The van der Waals surface area contributed by atoms with Gasteiger partial charge in [0.2, 0.25) is 0 Å². The molecule has 1 spiro atoms. The van der Waals surface area contributed by atoms with Crippen LogP contribution in [0.25, 0.3) is 0 Å². The molecule has 1 unspecified atom stereocenters. The Balaban J connectivity index is 1.54. The predicted molar refractivity (Wildman–Crippen MR) is 160 cm³/mol. The Hall–Kier alpha value is -1.85. The fraction of sp³-hybridized carbons (Fsp3) is 0.735. The van der Waals surface area contributed by atoms with Crippen LogP contribution in [0.15, 0.2) is 47.1 Å². The van der Waals surface area contributed by atoms with Crippen molar-refractivity contribution in [1.82, 2.24) is 0 Å². The summed E-state index contributed by atoms with van der Waals surface area (Å²) < 4.78 is 25.4. The van der Waals surface area contributed by atoms with Crippen LogP contribution in [0, 0.1) is 23.7 Å². The van der Waals surface area contributed by atoms with Crippen molar-refractivity contribution in [2.45, 2.75) is 128 Å². The van der Waals surface area contributed by atoms with Gasteiger partial charge in [-0.1, -0.05) is 64.5 Å². The Morgan fingerprint density at radius 1 is 1.05 bits per heavy atom. The van der Waals surface area contributed by atoms with Gasteiger partial charge >= 0.3 is 5.97 Å². The highest BCUT2D eigenvalue weighted by Gasteiger charge is 2.60. The van der Waals surface area contributed by atoms with E-state index < -0.39 is 59.9 Å². The second-order valence-electron chi connectivity index (χ2n) is 13.7. The van der Waals surface area contributed by atoms with E-state index in [0.29, 0.717) is 24.0 Å². The number of carbonyl (C=O) groups is 1. The number of hydrogen-bond acceptors (Lipinski definition) is 9. The summed E-state index contributed by atoms with van der Waals surface area (Å²) in [5, 5.41) is 45.2. The van der Waals surface area contributed by atoms with Crippen molar-refractivity contribution in [3.63, 3.8) is 0 Å². The van der Waals surface area contributed by atoms with Gasteiger partial charge in [0.1, 0.15) is 29.8 Å². The summed E-state index contributed by atoms with van der Waals surface area (Å²) in [6, 6.07) is 0. The number of fused-ring (bicyclic) bond motifs is 2. The minimum atomic E-state index is -1.80. The molecule has 4 heterocycles. The Morgan fingerprint density at radius 2 is 1.79 bits per heavy atom. The van der Waals surface area contributed by atoms with Gasteiger partial charge in [0.05, 0.1) is 31.0 Å². The highest BCUT2D eigenvalue weighted by atomic mass is 16.7. The zero-order chi connectivity index (χ0) is 31.3. The normalized spacial score (nSPS) is 49.5. The van der Waals surface area contributed by atoms with Crippen molar-refractivity contribution in [2.75, 3.05) is 6.61 Å². The third-order valence-electron chi connectivity index (χ3n) is 10.6. The van der Waals surface area contributed by atoms with Gasteiger partial charge in [-0.3, -0.25) is 4.79 Å². The Labute approximate surface area is 255 Å². The van der Waals surface area contributed by atoms with E-state index in [2.05, 4.69) is 13.8 Å². The first-order chi connectivity index (χ1) is 20.3. The number of carbonyl (C=O) groups excluding carboxylic acids is 1. The predicted octanol–water partition coefficient (Wildman–Crippen LogP) is 3.50. The lowest BCUT2D eigenvalue weighted by atomic mass is 9.71. The standard InChI is InChI=1S/C34H50O9/c1-7-18(2)30-22(6)27(35)16-33(43-30)15-25-14-24(42-33)12-11-20(4)28(36)19(3)9-8-10-23-17-40-31-29(37)21(5)13-26(32(38)41-25)34(23,31)39/h8-11,13,18-19,22,24-31,35-37,39H,7,12,14-17H2,1-6H3/b9-8+,20-11+,23-10+/t18?,19-,22-,24+,25-,26-,27-,28-,29+,30+,31+,33-,34+/m0/s1. The summed E-state index contributed by atoms with van der Waals surface area (Å²) in [6.45, 7) is 11.8. The molecular formula is C34H50O9. The Kier molecular flexibility index (Phi) is 9.46. The van der Waals surface area contributed by atoms with Gasteiger partial charge in [0.15, 0.2) is 5.79 Å². The molecule has 0 aromatic heterocycles. The van der Waals surface area contributed by atoms with Crippen molar-refractivity contribution >= 4 is 5.97 Å².